The third kappa shape index (κ3) is 1.74. The van der Waals surface area contributed by atoms with Crippen molar-refractivity contribution in [3.63, 3.8) is 0 Å². The molecular formula is C14H12N6S. The molecule has 2 N–H and O–H groups in total. The van der Waals surface area contributed by atoms with Gasteiger partial charge in [0.2, 0.25) is 0 Å². The van der Waals surface area contributed by atoms with E-state index in [1.165, 1.54) is 0 Å². The smallest absolute Gasteiger partial charge is 0.130 e. The molecule has 0 bridgehead atoms. The monoisotopic (exact) mass is 296 g/mol. The molecule has 0 aliphatic heterocycles. The predicted molar refractivity (Wildman–Crippen MR) is 82.9 cm³/mol. The average Bonchev–Trinajstić information content (AvgIpc) is 3.19. The van der Waals surface area contributed by atoms with Crippen molar-refractivity contribution in [2.75, 3.05) is 5.73 Å². The van der Waals surface area contributed by atoms with E-state index in [0.717, 1.165) is 27.2 Å². The van der Waals surface area contributed by atoms with Crippen LogP contribution < -0.4 is 5.73 Å². The molecule has 0 saturated carbocycles. The van der Waals surface area contributed by atoms with Crippen LogP contribution in [-0.4, -0.2) is 24.4 Å². The zero-order valence-electron chi connectivity index (χ0n) is 11.3. The lowest BCUT2D eigenvalue weighted by Gasteiger charge is -2.00. The summed E-state index contributed by atoms with van der Waals surface area (Å²) in [6.45, 7) is 0. The Morgan fingerprint density at radius 3 is 3.00 bits per heavy atom. The molecule has 0 atom stereocenters. The van der Waals surface area contributed by atoms with Crippen molar-refractivity contribution in [3.8, 4) is 21.7 Å². The van der Waals surface area contributed by atoms with Gasteiger partial charge in [0.1, 0.15) is 11.5 Å². The van der Waals surface area contributed by atoms with Gasteiger partial charge in [-0.2, -0.15) is 10.2 Å². The van der Waals surface area contributed by atoms with Gasteiger partial charge in [-0.15, -0.1) is 11.3 Å². The molecule has 4 aromatic rings. The molecule has 0 unspecified atom stereocenters. The second-order valence-corrected chi connectivity index (χ2v) is 5.62. The normalized spacial score (nSPS) is 11.3. The number of fused-ring (bicyclic) bond motifs is 1. The minimum Gasteiger partial charge on any atom is -0.383 e. The Morgan fingerprint density at radius 1 is 1.29 bits per heavy atom. The van der Waals surface area contributed by atoms with Gasteiger partial charge in [-0.25, -0.2) is 4.52 Å². The molecule has 4 heterocycles. The first-order chi connectivity index (χ1) is 10.3. The molecule has 4 aromatic heterocycles. The number of rotatable bonds is 2. The lowest BCUT2D eigenvalue weighted by molar-refractivity contribution is 0.782. The molecule has 0 fully saturated rings. The fourth-order valence-electron chi connectivity index (χ4n) is 2.41. The molecular weight excluding hydrogens is 284 g/mol. The summed E-state index contributed by atoms with van der Waals surface area (Å²) in [6.07, 6.45) is 7.11. The number of aromatic nitrogens is 5. The summed E-state index contributed by atoms with van der Waals surface area (Å²) in [5.41, 5.74) is 9.83. The van der Waals surface area contributed by atoms with Crippen LogP contribution in [-0.2, 0) is 7.05 Å². The summed E-state index contributed by atoms with van der Waals surface area (Å²) < 4.78 is 3.48. The molecule has 0 spiro atoms. The van der Waals surface area contributed by atoms with Crippen LogP contribution in [0.5, 0.6) is 0 Å². The van der Waals surface area contributed by atoms with Crippen molar-refractivity contribution >= 4 is 22.7 Å². The maximum atomic E-state index is 6.21. The SMILES string of the molecule is Cn1nc(-c2cnn3ccncc23)c(-c2cccs2)c1N. The Morgan fingerprint density at radius 2 is 2.19 bits per heavy atom. The quantitative estimate of drug-likeness (QED) is 0.616. The first kappa shape index (κ1) is 12.1. The molecule has 7 heteroatoms. The fraction of sp³-hybridized carbons (Fsp3) is 0.0714. The Kier molecular flexibility index (Phi) is 2.55. The van der Waals surface area contributed by atoms with Crippen LogP contribution in [0.4, 0.5) is 5.82 Å². The highest BCUT2D eigenvalue weighted by Gasteiger charge is 2.20. The van der Waals surface area contributed by atoms with Gasteiger partial charge in [0.05, 0.1) is 29.0 Å². The molecule has 21 heavy (non-hydrogen) atoms. The summed E-state index contributed by atoms with van der Waals surface area (Å²) >= 11 is 1.64. The number of nitrogens with zero attached hydrogens (tertiary/aromatic N) is 5. The van der Waals surface area contributed by atoms with Crippen LogP contribution >= 0.6 is 11.3 Å². The van der Waals surface area contributed by atoms with Gasteiger partial charge in [0, 0.05) is 24.3 Å². The summed E-state index contributed by atoms with van der Waals surface area (Å²) in [5.74, 6) is 0.649. The standard InChI is InChI=1S/C14H12N6S/c1-19-14(15)12(11-3-2-6-21-11)13(18-19)9-7-17-20-5-4-16-8-10(9)20/h2-8H,15H2,1H3. The van der Waals surface area contributed by atoms with Crippen molar-refractivity contribution in [2.45, 2.75) is 0 Å². The van der Waals surface area contributed by atoms with Gasteiger partial charge in [-0.1, -0.05) is 6.07 Å². The maximum absolute atomic E-state index is 6.21. The topological polar surface area (TPSA) is 74.0 Å². The molecule has 6 nitrogen and oxygen atoms in total. The van der Waals surface area contributed by atoms with E-state index in [1.807, 2.05) is 30.8 Å². The lowest BCUT2D eigenvalue weighted by atomic mass is 10.1. The lowest BCUT2D eigenvalue weighted by Crippen LogP contribution is -1.97. The number of aryl methyl sites for hydroxylation is 1. The van der Waals surface area contributed by atoms with Crippen molar-refractivity contribution in [1.29, 1.82) is 0 Å². The maximum Gasteiger partial charge on any atom is 0.130 e. The highest BCUT2D eigenvalue weighted by Crippen LogP contribution is 2.39. The molecule has 104 valence electrons. The summed E-state index contributed by atoms with van der Waals surface area (Å²) in [4.78, 5) is 5.26. The van der Waals surface area contributed by atoms with Crippen LogP contribution in [0.1, 0.15) is 0 Å². The first-order valence-corrected chi connectivity index (χ1v) is 7.28. The van der Waals surface area contributed by atoms with Gasteiger partial charge >= 0.3 is 0 Å². The number of anilines is 1. The fourth-order valence-corrected chi connectivity index (χ4v) is 3.19. The van der Waals surface area contributed by atoms with Gasteiger partial charge in [0.15, 0.2) is 0 Å². The Bertz CT molecular complexity index is 918. The van der Waals surface area contributed by atoms with Crippen molar-refractivity contribution in [1.82, 2.24) is 24.4 Å². The molecule has 0 aromatic carbocycles. The zero-order chi connectivity index (χ0) is 14.4. The van der Waals surface area contributed by atoms with E-state index < -0.39 is 0 Å². The van der Waals surface area contributed by atoms with E-state index in [4.69, 9.17) is 5.73 Å². The van der Waals surface area contributed by atoms with Crippen LogP contribution in [0.2, 0.25) is 0 Å². The van der Waals surface area contributed by atoms with Crippen molar-refractivity contribution < 1.29 is 0 Å². The number of nitrogens with two attached hydrogens (primary N) is 1. The van der Waals surface area contributed by atoms with E-state index in [0.29, 0.717) is 5.82 Å². The summed E-state index contributed by atoms with van der Waals surface area (Å²) in [6, 6.07) is 4.05. The molecule has 4 rings (SSSR count). The Hall–Kier alpha value is -2.67. The largest absolute Gasteiger partial charge is 0.383 e. The van der Waals surface area contributed by atoms with Gasteiger partial charge in [-0.3, -0.25) is 9.67 Å². The first-order valence-electron chi connectivity index (χ1n) is 6.40. The molecule has 0 saturated heterocycles. The highest BCUT2D eigenvalue weighted by atomic mass is 32.1. The third-order valence-electron chi connectivity index (χ3n) is 3.44. The van der Waals surface area contributed by atoms with Gasteiger partial charge < -0.3 is 5.73 Å². The van der Waals surface area contributed by atoms with E-state index >= 15 is 0 Å². The van der Waals surface area contributed by atoms with Crippen LogP contribution in [0.3, 0.4) is 0 Å². The Labute approximate surface area is 124 Å². The second kappa shape index (κ2) is 4.42. The van der Waals surface area contributed by atoms with Gasteiger partial charge in [-0.05, 0) is 11.4 Å². The van der Waals surface area contributed by atoms with Gasteiger partial charge in [0.25, 0.3) is 0 Å². The second-order valence-electron chi connectivity index (χ2n) is 4.67. The molecule has 0 aliphatic rings. The molecule has 0 radical (unpaired) electrons. The van der Waals surface area contributed by atoms with Crippen molar-refractivity contribution in [3.05, 3.63) is 42.3 Å². The minimum atomic E-state index is 0.649. The average molecular weight is 296 g/mol. The summed E-state index contributed by atoms with van der Waals surface area (Å²) in [5, 5.41) is 11.0. The van der Waals surface area contributed by atoms with E-state index in [9.17, 15) is 0 Å². The zero-order valence-corrected chi connectivity index (χ0v) is 12.1. The Balaban J connectivity index is 2.03. The molecule has 0 aliphatic carbocycles. The van der Waals surface area contributed by atoms with Crippen LogP contribution in [0.15, 0.2) is 42.3 Å². The van der Waals surface area contributed by atoms with Crippen LogP contribution in [0.25, 0.3) is 27.2 Å². The number of nitrogen functional groups attached to an aromatic ring is 1. The van der Waals surface area contributed by atoms with Crippen molar-refractivity contribution in [2.24, 2.45) is 7.05 Å². The van der Waals surface area contributed by atoms with Crippen LogP contribution in [0, 0.1) is 0 Å². The number of hydrogen-bond donors (Lipinski definition) is 1. The number of thiophene rings is 1. The van der Waals surface area contributed by atoms with E-state index in [-0.39, 0.29) is 0 Å². The third-order valence-corrected chi connectivity index (χ3v) is 4.33. The minimum absolute atomic E-state index is 0.649. The predicted octanol–water partition coefficient (Wildman–Crippen LogP) is 2.44. The highest BCUT2D eigenvalue weighted by molar-refractivity contribution is 7.13. The van der Waals surface area contributed by atoms with E-state index in [1.54, 1.807) is 39.1 Å². The summed E-state index contributed by atoms with van der Waals surface area (Å²) in [7, 11) is 1.85. The number of hydrogen-bond acceptors (Lipinski definition) is 5. The molecule has 0 amide bonds. The van der Waals surface area contributed by atoms with E-state index in [2.05, 4.69) is 15.2 Å².